The lowest BCUT2D eigenvalue weighted by molar-refractivity contribution is 0.478. The van der Waals surface area contributed by atoms with Gasteiger partial charge in [-0.2, -0.15) is 0 Å². The predicted molar refractivity (Wildman–Crippen MR) is 57.9 cm³/mol. The summed E-state index contributed by atoms with van der Waals surface area (Å²) in [6.45, 7) is 2.31. The molecule has 0 aromatic rings. The van der Waals surface area contributed by atoms with Gasteiger partial charge < -0.3 is 0 Å². The predicted octanol–water partition coefficient (Wildman–Crippen LogP) is 4.00. The highest BCUT2D eigenvalue weighted by atomic mass is 15.0. The quantitative estimate of drug-likeness (QED) is 0.575. The molecule has 0 heterocycles. The number of unbranched alkanes of at least 4 members (excludes halogenated alkanes) is 3. The van der Waals surface area contributed by atoms with Crippen molar-refractivity contribution in [2.45, 2.75) is 58.3 Å². The third-order valence-electron chi connectivity index (χ3n) is 6.05. The fourth-order valence-electron chi connectivity index (χ4n) is 4.90. The van der Waals surface area contributed by atoms with Crippen LogP contribution in [0.25, 0.3) is 0 Å². The monoisotopic (exact) mass is 190 g/mol. The van der Waals surface area contributed by atoms with Crippen LogP contribution >= 0.6 is 0 Å². The number of fused-ring (bicyclic) bond motifs is 4. The Labute approximate surface area is 87.5 Å². The smallest absolute Gasteiger partial charge is 0.0170 e. The highest BCUT2D eigenvalue weighted by Crippen LogP contribution is 3.03. The maximum atomic E-state index is 2.31. The summed E-state index contributed by atoms with van der Waals surface area (Å²) in [7, 11) is 0. The summed E-state index contributed by atoms with van der Waals surface area (Å²) in [6.07, 6.45) is 12.4. The Kier molecular flexibility index (Phi) is 1.30. The van der Waals surface area contributed by atoms with Crippen LogP contribution in [0.4, 0.5) is 0 Å². The van der Waals surface area contributed by atoms with Crippen LogP contribution in [0.15, 0.2) is 0 Å². The SMILES string of the molecule is CCCCCCC1CC12CC21C2CC21. The Balaban J connectivity index is 1.24. The zero-order valence-electron chi connectivity index (χ0n) is 9.39. The Morgan fingerprint density at radius 1 is 1.14 bits per heavy atom. The van der Waals surface area contributed by atoms with E-state index in [4.69, 9.17) is 0 Å². The van der Waals surface area contributed by atoms with Crippen LogP contribution in [0.1, 0.15) is 58.3 Å². The number of hydrogen-bond acceptors (Lipinski definition) is 0. The van der Waals surface area contributed by atoms with Crippen molar-refractivity contribution in [3.8, 4) is 0 Å². The minimum absolute atomic E-state index is 0.993. The van der Waals surface area contributed by atoms with Crippen LogP contribution in [0.2, 0.25) is 0 Å². The molecule has 4 fully saturated rings. The molecule has 0 heteroatoms. The molecule has 4 rings (SSSR count). The van der Waals surface area contributed by atoms with Gasteiger partial charge >= 0.3 is 0 Å². The first-order valence-corrected chi connectivity index (χ1v) is 6.85. The van der Waals surface area contributed by atoms with Crippen molar-refractivity contribution >= 4 is 0 Å². The maximum absolute atomic E-state index is 2.31. The zero-order valence-corrected chi connectivity index (χ0v) is 9.39. The standard InChI is InChI=1S/C14H22/c1-2-3-4-5-6-10-8-13(10)9-14(13)11-7-12(11)14/h10-12H,2-9H2,1H3. The van der Waals surface area contributed by atoms with Crippen LogP contribution in [0.5, 0.6) is 0 Å². The molecule has 14 heavy (non-hydrogen) atoms. The van der Waals surface area contributed by atoms with Gasteiger partial charge in [-0.25, -0.2) is 0 Å². The first-order chi connectivity index (χ1) is 6.85. The van der Waals surface area contributed by atoms with E-state index in [1.807, 2.05) is 0 Å². The van der Waals surface area contributed by atoms with E-state index in [9.17, 15) is 0 Å². The van der Waals surface area contributed by atoms with Crippen molar-refractivity contribution in [3.63, 3.8) is 0 Å². The normalized spacial score (nSPS) is 60.2. The first kappa shape index (κ1) is 8.19. The van der Waals surface area contributed by atoms with Gasteiger partial charge in [0.2, 0.25) is 0 Å². The Bertz CT molecular complexity index is 272. The van der Waals surface area contributed by atoms with Gasteiger partial charge in [-0.3, -0.25) is 0 Å². The highest BCUT2D eigenvalue weighted by molar-refractivity contribution is 5.45. The Hall–Kier alpha value is 0. The van der Waals surface area contributed by atoms with Crippen molar-refractivity contribution in [1.82, 2.24) is 0 Å². The lowest BCUT2D eigenvalue weighted by atomic mass is 10.0. The number of rotatable bonds is 5. The third-order valence-corrected chi connectivity index (χ3v) is 6.05. The van der Waals surface area contributed by atoms with Gasteiger partial charge in [0.05, 0.1) is 0 Å². The van der Waals surface area contributed by atoms with E-state index >= 15 is 0 Å². The third kappa shape index (κ3) is 0.750. The fourth-order valence-corrected chi connectivity index (χ4v) is 4.90. The summed E-state index contributed by atoms with van der Waals surface area (Å²) < 4.78 is 0. The molecule has 0 radical (unpaired) electrons. The maximum Gasteiger partial charge on any atom is -0.0170 e. The van der Waals surface area contributed by atoms with Crippen LogP contribution in [-0.2, 0) is 0 Å². The summed E-state index contributed by atoms with van der Waals surface area (Å²) in [5, 5.41) is 0. The summed E-state index contributed by atoms with van der Waals surface area (Å²) in [5.41, 5.74) is 2.02. The second-order valence-corrected chi connectivity index (χ2v) is 6.57. The molecule has 4 unspecified atom stereocenters. The van der Waals surface area contributed by atoms with Gasteiger partial charge in [-0.05, 0) is 54.3 Å². The Morgan fingerprint density at radius 3 is 2.57 bits per heavy atom. The average molecular weight is 190 g/mol. The van der Waals surface area contributed by atoms with Crippen LogP contribution < -0.4 is 0 Å². The molecular formula is C14H22. The van der Waals surface area contributed by atoms with E-state index in [0.29, 0.717) is 0 Å². The number of hydrogen-bond donors (Lipinski definition) is 0. The van der Waals surface area contributed by atoms with E-state index in [1.165, 1.54) is 43.4 Å². The van der Waals surface area contributed by atoms with Crippen molar-refractivity contribution in [3.05, 3.63) is 0 Å². The summed E-state index contributed by atoms with van der Waals surface area (Å²) in [5.74, 6) is 3.73. The van der Waals surface area contributed by atoms with E-state index in [0.717, 1.165) is 10.8 Å². The molecule has 0 aromatic carbocycles. The van der Waals surface area contributed by atoms with Gasteiger partial charge in [-0.15, -0.1) is 0 Å². The summed E-state index contributed by atoms with van der Waals surface area (Å²) in [4.78, 5) is 0. The highest BCUT2D eigenvalue weighted by Gasteiger charge is 2.97. The van der Waals surface area contributed by atoms with Gasteiger partial charge in [0, 0.05) is 0 Å². The minimum Gasteiger partial charge on any atom is -0.0654 e. The van der Waals surface area contributed by atoms with Crippen molar-refractivity contribution in [1.29, 1.82) is 0 Å². The molecular weight excluding hydrogens is 168 g/mol. The van der Waals surface area contributed by atoms with Crippen LogP contribution in [0, 0.1) is 28.6 Å². The largest absolute Gasteiger partial charge is 0.0654 e. The van der Waals surface area contributed by atoms with Gasteiger partial charge in [-0.1, -0.05) is 32.6 Å². The fraction of sp³-hybridized carbons (Fsp3) is 1.00. The van der Waals surface area contributed by atoms with Crippen molar-refractivity contribution in [2.24, 2.45) is 28.6 Å². The summed E-state index contributed by atoms with van der Waals surface area (Å²) in [6, 6.07) is 0. The van der Waals surface area contributed by atoms with E-state index < -0.39 is 0 Å². The molecule has 4 atom stereocenters. The zero-order chi connectivity index (χ0) is 9.39. The molecule has 2 spiro atoms. The van der Waals surface area contributed by atoms with E-state index in [1.54, 1.807) is 25.7 Å². The van der Waals surface area contributed by atoms with Crippen molar-refractivity contribution in [2.75, 3.05) is 0 Å². The minimum atomic E-state index is 0.993. The second kappa shape index (κ2) is 2.23. The molecule has 0 bridgehead atoms. The van der Waals surface area contributed by atoms with Gasteiger partial charge in [0.15, 0.2) is 0 Å². The lowest BCUT2D eigenvalue weighted by Crippen LogP contribution is -1.94. The first-order valence-electron chi connectivity index (χ1n) is 6.85. The van der Waals surface area contributed by atoms with Gasteiger partial charge in [0.1, 0.15) is 0 Å². The van der Waals surface area contributed by atoms with E-state index in [2.05, 4.69) is 6.92 Å². The van der Waals surface area contributed by atoms with Crippen LogP contribution in [0.3, 0.4) is 0 Å². The molecule has 0 N–H and O–H groups in total. The summed E-state index contributed by atoms with van der Waals surface area (Å²) >= 11 is 0. The van der Waals surface area contributed by atoms with Crippen LogP contribution in [-0.4, -0.2) is 0 Å². The molecule has 4 aliphatic rings. The second-order valence-electron chi connectivity index (χ2n) is 6.57. The molecule has 4 saturated carbocycles. The molecule has 0 saturated heterocycles. The molecule has 0 nitrogen and oxygen atoms in total. The molecule has 4 aliphatic carbocycles. The molecule has 0 aliphatic heterocycles. The molecule has 0 aromatic heterocycles. The van der Waals surface area contributed by atoms with E-state index in [-0.39, 0.29) is 0 Å². The van der Waals surface area contributed by atoms with Gasteiger partial charge in [0.25, 0.3) is 0 Å². The topological polar surface area (TPSA) is 0 Å². The van der Waals surface area contributed by atoms with Crippen molar-refractivity contribution < 1.29 is 0 Å². The Morgan fingerprint density at radius 2 is 2.00 bits per heavy atom. The average Bonchev–Trinajstić information content (AvgIpc) is 3.04. The molecule has 0 amide bonds. The lowest BCUT2D eigenvalue weighted by Gasteiger charge is -2.01. The molecule has 78 valence electrons.